The summed E-state index contributed by atoms with van der Waals surface area (Å²) in [6, 6.07) is 8.25. The SMILES string of the molecule is CCC(C)=C(CN)Nc1ccccc1C. The fourth-order valence-electron chi connectivity index (χ4n) is 1.42. The van der Waals surface area contributed by atoms with Crippen LogP contribution in [0.1, 0.15) is 25.8 Å². The van der Waals surface area contributed by atoms with Crippen LogP contribution in [0.15, 0.2) is 35.5 Å². The summed E-state index contributed by atoms with van der Waals surface area (Å²) in [7, 11) is 0. The van der Waals surface area contributed by atoms with Crippen molar-refractivity contribution in [1.82, 2.24) is 0 Å². The third-order valence-electron chi connectivity index (χ3n) is 2.68. The number of anilines is 1. The second-order valence-corrected chi connectivity index (χ2v) is 3.76. The molecule has 0 aliphatic heterocycles. The number of nitrogens with one attached hydrogen (secondary N) is 1. The van der Waals surface area contributed by atoms with E-state index < -0.39 is 0 Å². The molecule has 1 aromatic carbocycles. The first-order valence-corrected chi connectivity index (χ1v) is 5.40. The third-order valence-corrected chi connectivity index (χ3v) is 2.68. The van der Waals surface area contributed by atoms with Gasteiger partial charge in [0, 0.05) is 17.9 Å². The number of nitrogens with two attached hydrogens (primary N) is 1. The van der Waals surface area contributed by atoms with E-state index in [1.54, 1.807) is 0 Å². The second-order valence-electron chi connectivity index (χ2n) is 3.76. The van der Waals surface area contributed by atoms with Crippen molar-refractivity contribution in [3.63, 3.8) is 0 Å². The van der Waals surface area contributed by atoms with Crippen molar-refractivity contribution in [2.24, 2.45) is 5.73 Å². The molecule has 1 rings (SSSR count). The number of allylic oxidation sites excluding steroid dienone is 1. The molecule has 0 aromatic heterocycles. The first-order valence-electron chi connectivity index (χ1n) is 5.40. The van der Waals surface area contributed by atoms with Crippen LogP contribution in [0.3, 0.4) is 0 Å². The maximum atomic E-state index is 5.73. The Kier molecular flexibility index (Phi) is 4.37. The first kappa shape index (κ1) is 11.8. The number of aryl methyl sites for hydroxylation is 1. The molecule has 82 valence electrons. The second kappa shape index (κ2) is 5.56. The summed E-state index contributed by atoms with van der Waals surface area (Å²) >= 11 is 0. The highest BCUT2D eigenvalue weighted by molar-refractivity contribution is 5.54. The molecule has 0 heterocycles. The Labute approximate surface area is 92.2 Å². The zero-order valence-corrected chi connectivity index (χ0v) is 9.80. The smallest absolute Gasteiger partial charge is 0.0411 e. The molecule has 0 aliphatic carbocycles. The van der Waals surface area contributed by atoms with Gasteiger partial charge in [0.05, 0.1) is 0 Å². The monoisotopic (exact) mass is 204 g/mol. The Morgan fingerprint density at radius 1 is 1.33 bits per heavy atom. The van der Waals surface area contributed by atoms with Crippen molar-refractivity contribution < 1.29 is 0 Å². The minimum Gasteiger partial charge on any atom is -0.358 e. The summed E-state index contributed by atoms with van der Waals surface area (Å²) in [5.41, 5.74) is 10.6. The maximum absolute atomic E-state index is 5.73. The van der Waals surface area contributed by atoms with E-state index in [0.29, 0.717) is 6.54 Å². The van der Waals surface area contributed by atoms with Gasteiger partial charge >= 0.3 is 0 Å². The van der Waals surface area contributed by atoms with Crippen LogP contribution in [-0.4, -0.2) is 6.54 Å². The van der Waals surface area contributed by atoms with Gasteiger partial charge in [-0.25, -0.2) is 0 Å². The fraction of sp³-hybridized carbons (Fsp3) is 0.385. The minimum absolute atomic E-state index is 0.563. The lowest BCUT2D eigenvalue weighted by molar-refractivity contribution is 1.01. The molecule has 0 bridgehead atoms. The lowest BCUT2D eigenvalue weighted by atomic mass is 10.1. The van der Waals surface area contributed by atoms with Crippen molar-refractivity contribution in [3.8, 4) is 0 Å². The largest absolute Gasteiger partial charge is 0.358 e. The Morgan fingerprint density at radius 2 is 2.00 bits per heavy atom. The van der Waals surface area contributed by atoms with Crippen LogP contribution in [0.5, 0.6) is 0 Å². The van der Waals surface area contributed by atoms with Gasteiger partial charge in [-0.15, -0.1) is 0 Å². The average Bonchev–Trinajstić information content (AvgIpc) is 2.27. The minimum atomic E-state index is 0.563. The molecule has 3 N–H and O–H groups in total. The predicted molar refractivity (Wildman–Crippen MR) is 66.8 cm³/mol. The summed E-state index contributed by atoms with van der Waals surface area (Å²) in [5.74, 6) is 0. The summed E-state index contributed by atoms with van der Waals surface area (Å²) in [6.07, 6.45) is 1.03. The Morgan fingerprint density at radius 3 is 2.53 bits per heavy atom. The Balaban J connectivity index is 2.90. The van der Waals surface area contributed by atoms with Crippen LogP contribution < -0.4 is 11.1 Å². The first-order chi connectivity index (χ1) is 7.19. The van der Waals surface area contributed by atoms with Gasteiger partial charge in [-0.3, -0.25) is 0 Å². The molecule has 0 unspecified atom stereocenters. The van der Waals surface area contributed by atoms with E-state index in [1.807, 2.05) is 12.1 Å². The molecule has 1 aromatic rings. The van der Waals surface area contributed by atoms with Crippen LogP contribution in [0.25, 0.3) is 0 Å². The number of hydrogen-bond donors (Lipinski definition) is 2. The van der Waals surface area contributed by atoms with Crippen molar-refractivity contribution in [3.05, 3.63) is 41.1 Å². The lowest BCUT2D eigenvalue weighted by Crippen LogP contribution is -2.14. The van der Waals surface area contributed by atoms with Crippen molar-refractivity contribution in [2.75, 3.05) is 11.9 Å². The molecule has 2 heteroatoms. The molecule has 0 radical (unpaired) electrons. The molecule has 0 fully saturated rings. The summed E-state index contributed by atoms with van der Waals surface area (Å²) in [4.78, 5) is 0. The molecule has 0 saturated carbocycles. The summed E-state index contributed by atoms with van der Waals surface area (Å²) < 4.78 is 0. The topological polar surface area (TPSA) is 38.0 Å². The molecular formula is C13H20N2. The van der Waals surface area contributed by atoms with E-state index >= 15 is 0 Å². The molecule has 15 heavy (non-hydrogen) atoms. The van der Waals surface area contributed by atoms with E-state index in [2.05, 4.69) is 38.2 Å². The summed E-state index contributed by atoms with van der Waals surface area (Å²) in [5, 5.41) is 3.40. The highest BCUT2D eigenvalue weighted by Gasteiger charge is 2.01. The normalized spacial score (nSPS) is 12.3. The van der Waals surface area contributed by atoms with Gasteiger partial charge < -0.3 is 11.1 Å². The maximum Gasteiger partial charge on any atom is 0.0411 e. The molecule has 0 amide bonds. The van der Waals surface area contributed by atoms with Gasteiger partial charge in [-0.05, 0) is 31.9 Å². The molecule has 0 saturated heterocycles. The van der Waals surface area contributed by atoms with Gasteiger partial charge in [0.1, 0.15) is 0 Å². The quantitative estimate of drug-likeness (QED) is 0.791. The van der Waals surface area contributed by atoms with Gasteiger partial charge in [-0.1, -0.05) is 30.7 Å². The molecular weight excluding hydrogens is 184 g/mol. The predicted octanol–water partition coefficient (Wildman–Crippen LogP) is 3.05. The molecule has 0 aliphatic rings. The van der Waals surface area contributed by atoms with Crippen LogP contribution >= 0.6 is 0 Å². The highest BCUT2D eigenvalue weighted by Crippen LogP contribution is 2.17. The van der Waals surface area contributed by atoms with Crippen LogP contribution in [0.4, 0.5) is 5.69 Å². The van der Waals surface area contributed by atoms with Crippen LogP contribution in [0.2, 0.25) is 0 Å². The zero-order valence-electron chi connectivity index (χ0n) is 9.80. The number of benzene rings is 1. The van der Waals surface area contributed by atoms with Gasteiger partial charge in [-0.2, -0.15) is 0 Å². The molecule has 2 nitrogen and oxygen atoms in total. The van der Waals surface area contributed by atoms with Gasteiger partial charge in [0.2, 0.25) is 0 Å². The molecule has 0 spiro atoms. The Bertz CT molecular complexity index is 353. The van der Waals surface area contributed by atoms with Crippen LogP contribution in [0, 0.1) is 6.92 Å². The van der Waals surface area contributed by atoms with Crippen molar-refractivity contribution in [1.29, 1.82) is 0 Å². The van der Waals surface area contributed by atoms with E-state index in [9.17, 15) is 0 Å². The van der Waals surface area contributed by atoms with E-state index in [1.165, 1.54) is 11.1 Å². The van der Waals surface area contributed by atoms with Crippen molar-refractivity contribution in [2.45, 2.75) is 27.2 Å². The van der Waals surface area contributed by atoms with E-state index in [4.69, 9.17) is 5.73 Å². The highest BCUT2D eigenvalue weighted by atomic mass is 14.9. The number of rotatable bonds is 4. The summed E-state index contributed by atoms with van der Waals surface area (Å²) in [6.45, 7) is 6.92. The average molecular weight is 204 g/mol. The standard InChI is InChI=1S/C13H20N2/c1-4-10(2)13(9-14)15-12-8-6-5-7-11(12)3/h5-8,15H,4,9,14H2,1-3H3. The molecule has 0 atom stereocenters. The number of hydrogen-bond acceptors (Lipinski definition) is 2. The van der Waals surface area contributed by atoms with Gasteiger partial charge in [0.25, 0.3) is 0 Å². The van der Waals surface area contributed by atoms with E-state index in [0.717, 1.165) is 17.8 Å². The Hall–Kier alpha value is -1.28. The van der Waals surface area contributed by atoms with Crippen molar-refractivity contribution >= 4 is 5.69 Å². The van der Waals surface area contributed by atoms with E-state index in [-0.39, 0.29) is 0 Å². The number of para-hydroxylation sites is 1. The zero-order chi connectivity index (χ0) is 11.3. The third kappa shape index (κ3) is 3.10. The fourth-order valence-corrected chi connectivity index (χ4v) is 1.42. The van der Waals surface area contributed by atoms with Gasteiger partial charge in [0.15, 0.2) is 0 Å². The lowest BCUT2D eigenvalue weighted by Gasteiger charge is -2.14. The van der Waals surface area contributed by atoms with Crippen LogP contribution in [-0.2, 0) is 0 Å².